The van der Waals surface area contributed by atoms with Gasteiger partial charge in [0, 0.05) is 26.7 Å². The van der Waals surface area contributed by atoms with Crippen molar-refractivity contribution in [1.29, 1.82) is 0 Å². The summed E-state index contributed by atoms with van der Waals surface area (Å²) in [6, 6.07) is 6.48. The number of nitrogens with zero attached hydrogens (tertiary/aromatic N) is 5. The maximum atomic E-state index is 11.4. The molecule has 1 aliphatic rings. The fraction of sp³-hybridized carbons (Fsp3) is 0.389. The Balaban J connectivity index is 1.60. The molecule has 3 N–H and O–H groups in total. The first kappa shape index (κ1) is 18.6. The minimum Gasteiger partial charge on any atom is -0.365 e. The lowest BCUT2D eigenvalue weighted by atomic mass is 10.1. The molecule has 2 aromatic heterocycles. The first-order valence-electron chi connectivity index (χ1n) is 9.22. The van der Waals surface area contributed by atoms with Crippen molar-refractivity contribution in [3.05, 3.63) is 36.0 Å². The molecular formula is C18H23N7O2S. The zero-order valence-corrected chi connectivity index (χ0v) is 16.5. The van der Waals surface area contributed by atoms with Gasteiger partial charge >= 0.3 is 0 Å². The number of sulfonamides is 1. The molecule has 1 fully saturated rings. The van der Waals surface area contributed by atoms with Gasteiger partial charge < -0.3 is 10.2 Å². The largest absolute Gasteiger partial charge is 0.365 e. The molecule has 9 nitrogen and oxygen atoms in total. The minimum absolute atomic E-state index is 0.0975. The SMILES string of the molecule is Cn1ncc2c(NCc3ccc(S(N)(=O)=O)cc3)nc(N3CCCCC3)nc21. The quantitative estimate of drug-likeness (QED) is 0.666. The van der Waals surface area contributed by atoms with E-state index in [1.165, 1.54) is 18.6 Å². The van der Waals surface area contributed by atoms with Gasteiger partial charge in [-0.1, -0.05) is 12.1 Å². The van der Waals surface area contributed by atoms with Gasteiger partial charge in [-0.05, 0) is 37.0 Å². The van der Waals surface area contributed by atoms with Crippen molar-refractivity contribution < 1.29 is 8.42 Å². The van der Waals surface area contributed by atoms with Crippen molar-refractivity contribution in [1.82, 2.24) is 19.7 Å². The predicted octanol–water partition coefficient (Wildman–Crippen LogP) is 1.61. The Labute approximate surface area is 163 Å². The highest BCUT2D eigenvalue weighted by Crippen LogP contribution is 2.25. The number of anilines is 2. The van der Waals surface area contributed by atoms with E-state index in [0.717, 1.165) is 42.5 Å². The Morgan fingerprint density at radius 2 is 1.82 bits per heavy atom. The van der Waals surface area contributed by atoms with Gasteiger partial charge in [0.25, 0.3) is 0 Å². The summed E-state index contributed by atoms with van der Waals surface area (Å²) in [5.41, 5.74) is 1.70. The zero-order chi connectivity index (χ0) is 19.7. The van der Waals surface area contributed by atoms with E-state index in [0.29, 0.717) is 18.3 Å². The van der Waals surface area contributed by atoms with Crippen LogP contribution in [0.25, 0.3) is 11.0 Å². The molecule has 1 saturated heterocycles. The number of aryl methyl sites for hydroxylation is 1. The minimum atomic E-state index is -3.69. The number of aromatic nitrogens is 4. The normalized spacial score (nSPS) is 15.1. The molecule has 3 heterocycles. The molecule has 0 saturated carbocycles. The third kappa shape index (κ3) is 3.78. The van der Waals surface area contributed by atoms with Gasteiger partial charge in [0.2, 0.25) is 16.0 Å². The Kier molecular flexibility index (Phi) is 4.90. The van der Waals surface area contributed by atoms with E-state index in [9.17, 15) is 8.42 Å². The summed E-state index contributed by atoms with van der Waals surface area (Å²) in [5, 5.41) is 13.7. The number of hydrogen-bond acceptors (Lipinski definition) is 7. The number of benzene rings is 1. The monoisotopic (exact) mass is 401 g/mol. The maximum absolute atomic E-state index is 11.4. The van der Waals surface area contributed by atoms with Gasteiger partial charge in [0.15, 0.2) is 5.65 Å². The van der Waals surface area contributed by atoms with Crippen molar-refractivity contribution in [3.63, 3.8) is 0 Å². The van der Waals surface area contributed by atoms with Crippen LogP contribution >= 0.6 is 0 Å². The van der Waals surface area contributed by atoms with Crippen LogP contribution in [0.5, 0.6) is 0 Å². The van der Waals surface area contributed by atoms with Crippen LogP contribution in [0.1, 0.15) is 24.8 Å². The van der Waals surface area contributed by atoms with Crippen LogP contribution in [-0.2, 0) is 23.6 Å². The molecule has 1 aliphatic heterocycles. The third-order valence-corrected chi connectivity index (χ3v) is 5.86. The standard InChI is InChI=1S/C18H23N7O2S/c1-24-17-15(12-21-24)16(22-18(23-17)25-9-3-2-4-10-25)20-11-13-5-7-14(8-6-13)28(19,26)27/h5-8,12H,2-4,9-11H2,1H3,(H2,19,26,27)(H,20,22,23). The molecule has 0 bridgehead atoms. The van der Waals surface area contributed by atoms with E-state index < -0.39 is 10.0 Å². The van der Waals surface area contributed by atoms with Crippen molar-refractivity contribution in [3.8, 4) is 0 Å². The number of primary sulfonamides is 1. The number of nitrogens with two attached hydrogens (primary N) is 1. The summed E-state index contributed by atoms with van der Waals surface area (Å²) in [7, 11) is -1.82. The van der Waals surface area contributed by atoms with Gasteiger partial charge in [-0.3, -0.25) is 4.68 Å². The zero-order valence-electron chi connectivity index (χ0n) is 15.7. The molecule has 0 spiro atoms. The molecule has 0 aliphatic carbocycles. The van der Waals surface area contributed by atoms with E-state index in [1.54, 1.807) is 23.0 Å². The molecule has 10 heteroatoms. The van der Waals surface area contributed by atoms with Gasteiger partial charge in [0.05, 0.1) is 16.5 Å². The first-order valence-corrected chi connectivity index (χ1v) is 10.8. The van der Waals surface area contributed by atoms with Crippen molar-refractivity contribution in [2.45, 2.75) is 30.7 Å². The van der Waals surface area contributed by atoms with Crippen molar-refractivity contribution in [2.75, 3.05) is 23.3 Å². The second kappa shape index (κ2) is 7.36. The molecule has 1 aromatic carbocycles. The molecule has 0 unspecified atom stereocenters. The topological polar surface area (TPSA) is 119 Å². The van der Waals surface area contributed by atoms with Crippen LogP contribution in [0.4, 0.5) is 11.8 Å². The molecule has 0 radical (unpaired) electrons. The van der Waals surface area contributed by atoms with Crippen molar-refractivity contribution >= 4 is 32.8 Å². The Hall–Kier alpha value is -2.72. The van der Waals surface area contributed by atoms with E-state index >= 15 is 0 Å². The van der Waals surface area contributed by atoms with E-state index in [-0.39, 0.29) is 4.90 Å². The molecule has 148 valence electrons. The fourth-order valence-corrected chi connectivity index (χ4v) is 3.88. The number of hydrogen-bond donors (Lipinski definition) is 2. The summed E-state index contributed by atoms with van der Waals surface area (Å²) >= 11 is 0. The highest BCUT2D eigenvalue weighted by Gasteiger charge is 2.18. The average Bonchev–Trinajstić information content (AvgIpc) is 3.07. The molecular weight excluding hydrogens is 378 g/mol. The van der Waals surface area contributed by atoms with Crippen LogP contribution in [-0.4, -0.2) is 41.3 Å². The van der Waals surface area contributed by atoms with Crippen molar-refractivity contribution in [2.24, 2.45) is 12.2 Å². The molecule has 28 heavy (non-hydrogen) atoms. The number of fused-ring (bicyclic) bond motifs is 1. The summed E-state index contributed by atoms with van der Waals surface area (Å²) in [4.78, 5) is 11.8. The summed E-state index contributed by atoms with van der Waals surface area (Å²) in [6.45, 7) is 2.40. The van der Waals surface area contributed by atoms with Gasteiger partial charge in [-0.25, -0.2) is 13.6 Å². The lowest BCUT2D eigenvalue weighted by molar-refractivity contribution is 0.568. The highest BCUT2D eigenvalue weighted by atomic mass is 32.2. The van der Waals surface area contributed by atoms with E-state index in [4.69, 9.17) is 15.1 Å². The van der Waals surface area contributed by atoms with E-state index in [1.807, 2.05) is 7.05 Å². The fourth-order valence-electron chi connectivity index (χ4n) is 3.36. The number of piperidine rings is 1. The average molecular weight is 401 g/mol. The Morgan fingerprint density at radius 1 is 1.11 bits per heavy atom. The summed E-state index contributed by atoms with van der Waals surface area (Å²) in [6.07, 6.45) is 5.28. The van der Waals surface area contributed by atoms with Crippen LogP contribution in [0.15, 0.2) is 35.4 Å². The van der Waals surface area contributed by atoms with Crippen LogP contribution < -0.4 is 15.4 Å². The smallest absolute Gasteiger partial charge is 0.238 e. The lowest BCUT2D eigenvalue weighted by Gasteiger charge is -2.27. The Morgan fingerprint density at radius 3 is 2.50 bits per heavy atom. The molecule has 0 atom stereocenters. The Bertz CT molecular complexity index is 1090. The van der Waals surface area contributed by atoms with Gasteiger partial charge in [0.1, 0.15) is 5.82 Å². The third-order valence-electron chi connectivity index (χ3n) is 4.93. The molecule has 3 aromatic rings. The number of rotatable bonds is 5. The second-order valence-electron chi connectivity index (χ2n) is 6.97. The summed E-state index contributed by atoms with van der Waals surface area (Å²) < 4.78 is 24.5. The highest BCUT2D eigenvalue weighted by molar-refractivity contribution is 7.89. The summed E-state index contributed by atoms with van der Waals surface area (Å²) in [5.74, 6) is 1.43. The van der Waals surface area contributed by atoms with Gasteiger partial charge in [-0.15, -0.1) is 0 Å². The maximum Gasteiger partial charge on any atom is 0.238 e. The van der Waals surface area contributed by atoms with E-state index in [2.05, 4.69) is 15.3 Å². The predicted molar refractivity (Wildman–Crippen MR) is 108 cm³/mol. The molecule has 0 amide bonds. The van der Waals surface area contributed by atoms with Gasteiger partial charge in [-0.2, -0.15) is 15.1 Å². The molecule has 4 rings (SSSR count). The lowest BCUT2D eigenvalue weighted by Crippen LogP contribution is -2.31. The van der Waals surface area contributed by atoms with Crippen LogP contribution in [0.3, 0.4) is 0 Å². The first-order chi connectivity index (χ1) is 13.4. The van der Waals surface area contributed by atoms with Crippen LogP contribution in [0.2, 0.25) is 0 Å². The second-order valence-corrected chi connectivity index (χ2v) is 8.53. The van der Waals surface area contributed by atoms with Crippen LogP contribution in [0, 0.1) is 0 Å². The number of nitrogens with one attached hydrogen (secondary N) is 1.